The molecule has 0 aliphatic carbocycles. The predicted molar refractivity (Wildman–Crippen MR) is 195 cm³/mol. The molecule has 2 aliphatic rings. The van der Waals surface area contributed by atoms with Crippen LogP contribution in [0.3, 0.4) is 0 Å². The second-order valence-electron chi connectivity index (χ2n) is 15.4. The number of imide groups is 1. The Bertz CT molecular complexity index is 2100. The zero-order valence-electron chi connectivity index (χ0n) is 31.4. The van der Waals surface area contributed by atoms with Gasteiger partial charge in [-0.25, -0.2) is 27.3 Å². The van der Waals surface area contributed by atoms with E-state index in [9.17, 15) is 33.1 Å². The maximum Gasteiger partial charge on any atom is 0.363 e. The van der Waals surface area contributed by atoms with Gasteiger partial charge in [-0.1, -0.05) is 45.0 Å². The monoisotopic (exact) mass is 777 g/mol. The van der Waals surface area contributed by atoms with Gasteiger partial charge in [0.2, 0.25) is 0 Å². The maximum absolute atomic E-state index is 16.0. The summed E-state index contributed by atoms with van der Waals surface area (Å²) in [5.74, 6) is -5.10. The first-order valence-corrected chi connectivity index (χ1v) is 18.3. The van der Waals surface area contributed by atoms with Crippen LogP contribution in [0.5, 0.6) is 0 Å². The van der Waals surface area contributed by atoms with Crippen LogP contribution in [-0.2, 0) is 32.3 Å². The summed E-state index contributed by atoms with van der Waals surface area (Å²) in [6.07, 6.45) is -1.41. The third-order valence-electron chi connectivity index (χ3n) is 9.91. The summed E-state index contributed by atoms with van der Waals surface area (Å²) >= 11 is 0. The van der Waals surface area contributed by atoms with E-state index in [1.54, 1.807) is 22.8 Å². The molecule has 4 aromatic rings. The van der Waals surface area contributed by atoms with Crippen LogP contribution in [0.25, 0.3) is 11.3 Å². The molecule has 1 aromatic heterocycles. The summed E-state index contributed by atoms with van der Waals surface area (Å²) in [7, 11) is 0. The third kappa shape index (κ3) is 9.00. The van der Waals surface area contributed by atoms with Crippen molar-refractivity contribution in [1.82, 2.24) is 24.4 Å². The molecule has 2 fully saturated rings. The van der Waals surface area contributed by atoms with Crippen LogP contribution in [0.4, 0.5) is 17.6 Å². The lowest BCUT2D eigenvalue weighted by atomic mass is 9.84. The van der Waals surface area contributed by atoms with Crippen molar-refractivity contribution in [2.24, 2.45) is 11.3 Å². The second kappa shape index (κ2) is 16.4. The molecule has 0 spiro atoms. The summed E-state index contributed by atoms with van der Waals surface area (Å²) in [6, 6.07) is 14.2. The summed E-state index contributed by atoms with van der Waals surface area (Å²) in [5, 5.41) is 11.1. The Morgan fingerprint density at radius 3 is 2.25 bits per heavy atom. The molecule has 11 nitrogen and oxygen atoms in total. The van der Waals surface area contributed by atoms with E-state index in [4.69, 9.17) is 9.82 Å². The van der Waals surface area contributed by atoms with Gasteiger partial charge in [-0.3, -0.25) is 19.3 Å². The van der Waals surface area contributed by atoms with Crippen molar-refractivity contribution in [3.05, 3.63) is 113 Å². The van der Waals surface area contributed by atoms with Crippen LogP contribution >= 0.6 is 0 Å². The number of hydroxylamine groups is 2. The molecule has 0 radical (unpaired) electrons. The number of hydrogen-bond donors (Lipinski definition) is 1. The quantitative estimate of drug-likeness (QED) is 0.137. The minimum atomic E-state index is -1.48. The Kier molecular flexibility index (Phi) is 11.8. The van der Waals surface area contributed by atoms with Crippen LogP contribution < -0.4 is 0 Å². The molecule has 1 N–H and O–H groups in total. The van der Waals surface area contributed by atoms with E-state index in [1.807, 2.05) is 25.7 Å². The van der Waals surface area contributed by atoms with E-state index in [0.29, 0.717) is 17.2 Å². The van der Waals surface area contributed by atoms with E-state index in [-0.39, 0.29) is 61.7 Å². The van der Waals surface area contributed by atoms with Gasteiger partial charge in [0, 0.05) is 63.2 Å². The fourth-order valence-corrected chi connectivity index (χ4v) is 7.26. The lowest BCUT2D eigenvalue weighted by Crippen LogP contribution is -2.49. The van der Waals surface area contributed by atoms with Gasteiger partial charge in [-0.15, -0.1) is 5.06 Å². The molecule has 2 aliphatic heterocycles. The summed E-state index contributed by atoms with van der Waals surface area (Å²) in [6.45, 7) is 7.32. The zero-order chi connectivity index (χ0) is 40.5. The SMILES string of the molecule is C[C@H](O)C(=O)N(C[C@@H]1CN(Cc2ccc(C(=O)ON3C(=O)CCC3=O)cc2)C[C@@H]1F)[C@@H](c1nc(-c2cc(F)ccc2F)cn1Cc1cccc(F)c1)C(C)(C)C. The number of carbonyl (C=O) groups excluding carboxylic acids is 4. The topological polar surface area (TPSA) is 125 Å². The maximum atomic E-state index is 16.0. The lowest BCUT2D eigenvalue weighted by Gasteiger charge is -2.41. The Morgan fingerprint density at radius 2 is 1.61 bits per heavy atom. The van der Waals surface area contributed by atoms with E-state index >= 15 is 8.78 Å². The fraction of sp³-hybridized carbons (Fsp3) is 0.390. The van der Waals surface area contributed by atoms with Crippen LogP contribution in [0.1, 0.15) is 73.9 Å². The van der Waals surface area contributed by atoms with Gasteiger partial charge in [-0.05, 0) is 65.9 Å². The molecule has 3 aromatic carbocycles. The number of likely N-dealkylation sites (tertiary alicyclic amines) is 1. The average Bonchev–Trinajstić information content (AvgIpc) is 3.80. The number of benzene rings is 3. The third-order valence-corrected chi connectivity index (χ3v) is 9.91. The molecule has 15 heteroatoms. The first-order chi connectivity index (χ1) is 26.5. The van der Waals surface area contributed by atoms with Crippen molar-refractivity contribution < 1.29 is 46.7 Å². The van der Waals surface area contributed by atoms with Crippen molar-refractivity contribution in [2.75, 3.05) is 19.6 Å². The molecule has 0 saturated carbocycles. The molecule has 4 atom stereocenters. The van der Waals surface area contributed by atoms with Crippen molar-refractivity contribution in [3.8, 4) is 11.3 Å². The molecule has 296 valence electrons. The van der Waals surface area contributed by atoms with E-state index in [1.165, 1.54) is 48.4 Å². The van der Waals surface area contributed by atoms with Crippen LogP contribution in [0, 0.1) is 28.8 Å². The van der Waals surface area contributed by atoms with Crippen molar-refractivity contribution in [2.45, 2.75) is 71.9 Å². The van der Waals surface area contributed by atoms with E-state index in [0.717, 1.165) is 23.8 Å². The van der Waals surface area contributed by atoms with Gasteiger partial charge in [-0.2, -0.15) is 0 Å². The summed E-state index contributed by atoms with van der Waals surface area (Å²) in [5.41, 5.74) is 0.526. The van der Waals surface area contributed by atoms with Crippen LogP contribution in [0.2, 0.25) is 0 Å². The smallest absolute Gasteiger partial charge is 0.363 e. The highest BCUT2D eigenvalue weighted by Crippen LogP contribution is 2.41. The van der Waals surface area contributed by atoms with Gasteiger partial charge in [0.05, 0.1) is 17.3 Å². The molecule has 3 heterocycles. The van der Waals surface area contributed by atoms with E-state index in [2.05, 4.69) is 0 Å². The molecule has 3 amide bonds. The second-order valence-corrected chi connectivity index (χ2v) is 15.4. The highest BCUT2D eigenvalue weighted by molar-refractivity contribution is 6.02. The molecule has 2 saturated heterocycles. The van der Waals surface area contributed by atoms with Gasteiger partial charge in [0.1, 0.15) is 35.6 Å². The fourth-order valence-electron chi connectivity index (χ4n) is 7.26. The number of imidazole rings is 1. The molecule has 6 rings (SSSR count). The Morgan fingerprint density at radius 1 is 0.929 bits per heavy atom. The number of halogens is 4. The lowest BCUT2D eigenvalue weighted by molar-refractivity contribution is -0.172. The zero-order valence-corrected chi connectivity index (χ0v) is 31.4. The molecule has 0 bridgehead atoms. The van der Waals surface area contributed by atoms with Gasteiger partial charge >= 0.3 is 5.97 Å². The number of alkyl halides is 1. The minimum absolute atomic E-state index is 0.0288. The number of carbonyl (C=O) groups is 4. The molecule has 0 unspecified atom stereocenters. The normalized spacial score (nSPS) is 18.7. The number of aliphatic hydroxyl groups is 1. The Hall–Kier alpha value is -5.41. The number of aliphatic hydroxyl groups excluding tert-OH is 1. The number of amides is 3. The molecular formula is C41H43F4N5O6. The number of rotatable bonds is 12. The van der Waals surface area contributed by atoms with Crippen LogP contribution in [0.15, 0.2) is 72.9 Å². The summed E-state index contributed by atoms with van der Waals surface area (Å²) in [4.78, 5) is 63.2. The highest BCUT2D eigenvalue weighted by Gasteiger charge is 2.43. The average molecular weight is 778 g/mol. The number of hydrogen-bond acceptors (Lipinski definition) is 8. The standard InChI is InChI=1S/C41H43F4N5O6/c1-24(51)39(54)49(21-28-20-47(22-33(28)45)18-25-8-10-27(11-9-25)40(55)56-50-35(52)14-15-36(50)53)37(41(2,3)4)38-46-34(31-17-30(43)12-13-32(31)44)23-48(38)19-26-6-5-7-29(42)16-26/h5-13,16-17,23-24,28,33,37,51H,14-15,18-22H2,1-4H3/t24-,28-,33-,37-/m0/s1. The number of aromatic nitrogens is 2. The van der Waals surface area contributed by atoms with Gasteiger partial charge in [0.25, 0.3) is 17.7 Å². The Labute approximate surface area is 321 Å². The molecular weight excluding hydrogens is 734 g/mol. The first kappa shape index (κ1) is 40.3. The largest absolute Gasteiger partial charge is 0.384 e. The van der Waals surface area contributed by atoms with Crippen molar-refractivity contribution in [1.29, 1.82) is 0 Å². The highest BCUT2D eigenvalue weighted by atomic mass is 19.1. The molecule has 56 heavy (non-hydrogen) atoms. The van der Waals surface area contributed by atoms with Gasteiger partial charge in [0.15, 0.2) is 0 Å². The summed E-state index contributed by atoms with van der Waals surface area (Å²) < 4.78 is 61.4. The first-order valence-electron chi connectivity index (χ1n) is 18.3. The predicted octanol–water partition coefficient (Wildman–Crippen LogP) is 6.00. The number of nitrogens with zero attached hydrogens (tertiary/aromatic N) is 5. The van der Waals surface area contributed by atoms with E-state index < -0.39 is 70.8 Å². The van der Waals surface area contributed by atoms with Crippen molar-refractivity contribution in [3.63, 3.8) is 0 Å². The Balaban J connectivity index is 1.26. The van der Waals surface area contributed by atoms with Crippen LogP contribution in [-0.4, -0.2) is 85.1 Å². The minimum Gasteiger partial charge on any atom is -0.384 e. The van der Waals surface area contributed by atoms with Gasteiger partial charge < -0.3 is 19.4 Å². The van der Waals surface area contributed by atoms with Crippen molar-refractivity contribution >= 4 is 23.7 Å².